The summed E-state index contributed by atoms with van der Waals surface area (Å²) in [6.07, 6.45) is 3.07. The van der Waals surface area contributed by atoms with Gasteiger partial charge in [0.1, 0.15) is 30.0 Å². The molecule has 2 heterocycles. The fraction of sp³-hybridized carbons (Fsp3) is 0.216. The topological polar surface area (TPSA) is 79.1 Å². The predicted molar refractivity (Wildman–Crippen MR) is 185 cm³/mol. The first-order chi connectivity index (χ1) is 22.8. The van der Waals surface area contributed by atoms with E-state index in [-0.39, 0.29) is 24.6 Å². The minimum absolute atomic E-state index is 0.0732. The number of carbonyl (C=O) groups excluding carboxylic acids is 1. The second kappa shape index (κ2) is 14.1. The van der Waals surface area contributed by atoms with E-state index in [1.165, 1.54) is 17.4 Å². The molecule has 0 radical (unpaired) electrons. The maximum Gasteiger partial charge on any atom is 0.338 e. The molecule has 1 aliphatic heterocycles. The van der Waals surface area contributed by atoms with Crippen LogP contribution < -0.4 is 24.4 Å². The van der Waals surface area contributed by atoms with Crippen molar-refractivity contribution in [1.82, 2.24) is 4.57 Å². The lowest BCUT2D eigenvalue weighted by Gasteiger charge is -2.28. The third-order valence-corrected chi connectivity index (χ3v) is 9.51. The van der Waals surface area contributed by atoms with Crippen LogP contribution in [-0.4, -0.2) is 24.3 Å². The van der Waals surface area contributed by atoms with Crippen molar-refractivity contribution < 1.29 is 23.4 Å². The molecule has 1 aromatic heterocycles. The van der Waals surface area contributed by atoms with E-state index in [1.807, 2.05) is 55.5 Å². The van der Waals surface area contributed by atoms with Crippen LogP contribution in [-0.2, 0) is 16.1 Å². The quantitative estimate of drug-likeness (QED) is 0.143. The van der Waals surface area contributed by atoms with Crippen LogP contribution in [0.15, 0.2) is 104 Å². The van der Waals surface area contributed by atoms with Gasteiger partial charge in [-0.2, -0.15) is 0 Å². The lowest BCUT2D eigenvalue weighted by molar-refractivity contribution is -0.139. The van der Waals surface area contributed by atoms with Gasteiger partial charge in [-0.1, -0.05) is 79.3 Å². The highest BCUT2D eigenvalue weighted by molar-refractivity contribution is 9.10. The van der Waals surface area contributed by atoms with Crippen molar-refractivity contribution >= 4 is 50.1 Å². The largest absolute Gasteiger partial charge is 0.496 e. The van der Waals surface area contributed by atoms with Crippen molar-refractivity contribution in [2.45, 2.75) is 39.3 Å². The zero-order valence-corrected chi connectivity index (χ0v) is 28.5. The van der Waals surface area contributed by atoms with Gasteiger partial charge in [-0.15, -0.1) is 0 Å². The van der Waals surface area contributed by atoms with Crippen molar-refractivity contribution in [2.75, 3.05) is 13.7 Å². The van der Waals surface area contributed by atoms with Crippen LogP contribution in [0.5, 0.6) is 11.5 Å². The fourth-order valence-corrected chi connectivity index (χ4v) is 7.31. The van der Waals surface area contributed by atoms with Crippen LogP contribution in [0.2, 0.25) is 0 Å². The molecule has 6 rings (SSSR count). The molecule has 1 aliphatic rings. The highest BCUT2D eigenvalue weighted by Crippen LogP contribution is 2.41. The Balaban J connectivity index is 1.50. The van der Waals surface area contributed by atoms with Crippen LogP contribution in [0.25, 0.3) is 16.8 Å². The summed E-state index contributed by atoms with van der Waals surface area (Å²) < 4.78 is 34.1. The molecule has 10 heteroatoms. The van der Waals surface area contributed by atoms with E-state index < -0.39 is 12.0 Å². The summed E-state index contributed by atoms with van der Waals surface area (Å²) in [7, 11) is 1.58. The number of esters is 1. The van der Waals surface area contributed by atoms with Crippen LogP contribution >= 0.6 is 27.3 Å². The van der Waals surface area contributed by atoms with Gasteiger partial charge in [0.25, 0.3) is 5.56 Å². The Kier molecular flexibility index (Phi) is 9.70. The number of benzene rings is 4. The second-order valence-electron chi connectivity index (χ2n) is 10.9. The third-order valence-electron chi connectivity index (χ3n) is 7.91. The molecule has 4 aromatic carbocycles. The number of fused-ring (bicyclic) bond motifs is 2. The number of nitrogens with zero attached hydrogens (tertiary/aromatic N) is 2. The number of carbonyl (C=O) groups is 1. The van der Waals surface area contributed by atoms with E-state index >= 15 is 0 Å². The molecule has 47 heavy (non-hydrogen) atoms. The molecule has 0 bridgehead atoms. The minimum atomic E-state index is -0.823. The van der Waals surface area contributed by atoms with Crippen LogP contribution in [0.4, 0.5) is 4.39 Å². The van der Waals surface area contributed by atoms with Crippen molar-refractivity contribution in [1.29, 1.82) is 0 Å². The van der Waals surface area contributed by atoms with Gasteiger partial charge in [0.15, 0.2) is 4.80 Å². The molecule has 0 saturated carbocycles. The number of thiazole rings is 1. The van der Waals surface area contributed by atoms with Gasteiger partial charge in [0.05, 0.1) is 34.0 Å². The van der Waals surface area contributed by atoms with E-state index in [2.05, 4.69) is 15.9 Å². The Morgan fingerprint density at radius 1 is 1.04 bits per heavy atom. The van der Waals surface area contributed by atoms with Crippen LogP contribution in [0.1, 0.15) is 49.4 Å². The number of hydrogen-bond donors (Lipinski definition) is 0. The number of halogens is 2. The van der Waals surface area contributed by atoms with Crippen molar-refractivity contribution in [2.24, 2.45) is 4.99 Å². The standard InChI is InChI=1S/C37H32BrFN2O5S/c1-4-10-28-33(36(43)45-5-2)34(32-25-13-8-6-11-23(25)16-18-30(32)44-3)41-35(42)31(47-37(41)40-28)20-22-15-17-29(26(38)19-22)46-21-24-12-7-9-14-27(24)39/h6-9,11-20,34H,4-5,10,21H2,1-3H3/b31-20+/t34-/m0/s1. The molecule has 240 valence electrons. The Morgan fingerprint density at radius 2 is 1.81 bits per heavy atom. The lowest BCUT2D eigenvalue weighted by Crippen LogP contribution is -2.40. The molecule has 0 N–H and O–H groups in total. The molecule has 0 fully saturated rings. The molecule has 0 aliphatic carbocycles. The second-order valence-corrected chi connectivity index (χ2v) is 12.7. The molecular formula is C37H32BrFN2O5S. The summed E-state index contributed by atoms with van der Waals surface area (Å²) in [4.78, 5) is 33.5. The zero-order valence-electron chi connectivity index (χ0n) is 26.1. The zero-order chi connectivity index (χ0) is 33.1. The number of allylic oxidation sites excluding steroid dienone is 1. The number of methoxy groups -OCH3 is 1. The first-order valence-corrected chi connectivity index (χ1v) is 16.9. The van der Waals surface area contributed by atoms with Crippen LogP contribution in [0, 0.1) is 5.82 Å². The first kappa shape index (κ1) is 32.4. The molecule has 1 atom stereocenters. The minimum Gasteiger partial charge on any atom is -0.496 e. The van der Waals surface area contributed by atoms with E-state index in [4.69, 9.17) is 19.2 Å². The highest BCUT2D eigenvalue weighted by atomic mass is 79.9. The van der Waals surface area contributed by atoms with Gasteiger partial charge in [-0.05, 0) is 76.0 Å². The number of aromatic nitrogens is 1. The molecule has 0 spiro atoms. The normalized spacial score (nSPS) is 14.6. The van der Waals surface area contributed by atoms with Crippen LogP contribution in [0.3, 0.4) is 0 Å². The summed E-state index contributed by atoms with van der Waals surface area (Å²) in [5.41, 5.74) is 2.54. The number of hydrogen-bond acceptors (Lipinski definition) is 7. The van der Waals surface area contributed by atoms with Gasteiger partial charge >= 0.3 is 5.97 Å². The molecule has 0 unspecified atom stereocenters. The first-order valence-electron chi connectivity index (χ1n) is 15.3. The summed E-state index contributed by atoms with van der Waals surface area (Å²) in [6.45, 7) is 4.04. The predicted octanol–water partition coefficient (Wildman–Crippen LogP) is 7.22. The van der Waals surface area contributed by atoms with Gasteiger partial charge in [0, 0.05) is 11.1 Å². The summed E-state index contributed by atoms with van der Waals surface area (Å²) in [6, 6.07) is 22.8. The van der Waals surface area contributed by atoms with E-state index in [0.29, 0.717) is 54.1 Å². The van der Waals surface area contributed by atoms with Gasteiger partial charge in [-0.25, -0.2) is 14.2 Å². The summed E-state index contributed by atoms with van der Waals surface area (Å²) in [5, 5.41) is 1.81. The maximum absolute atomic E-state index is 14.4. The van der Waals surface area contributed by atoms with Crippen molar-refractivity contribution in [3.8, 4) is 11.5 Å². The summed E-state index contributed by atoms with van der Waals surface area (Å²) >= 11 is 4.82. The van der Waals surface area contributed by atoms with E-state index in [1.54, 1.807) is 48.9 Å². The molecule has 7 nitrogen and oxygen atoms in total. The van der Waals surface area contributed by atoms with Crippen molar-refractivity contribution in [3.63, 3.8) is 0 Å². The van der Waals surface area contributed by atoms with E-state index in [0.717, 1.165) is 22.8 Å². The fourth-order valence-electron chi connectivity index (χ4n) is 5.78. The number of rotatable bonds is 10. The van der Waals surface area contributed by atoms with Gasteiger partial charge in [0.2, 0.25) is 0 Å². The Morgan fingerprint density at radius 3 is 2.55 bits per heavy atom. The molecule has 5 aromatic rings. The maximum atomic E-state index is 14.4. The smallest absolute Gasteiger partial charge is 0.338 e. The Hall–Kier alpha value is -4.54. The Bertz CT molecular complexity index is 2210. The number of ether oxygens (including phenoxy) is 3. The SMILES string of the molecule is CCCC1=C(C(=O)OCC)[C@H](c2c(OC)ccc3ccccc23)n2c(s/c(=C/c3ccc(OCc4ccccc4F)c(Br)c3)c2=O)=N1. The van der Waals surface area contributed by atoms with Gasteiger partial charge < -0.3 is 14.2 Å². The average molecular weight is 716 g/mol. The molecule has 0 saturated heterocycles. The average Bonchev–Trinajstić information content (AvgIpc) is 3.38. The highest BCUT2D eigenvalue weighted by Gasteiger charge is 2.37. The molecule has 0 amide bonds. The summed E-state index contributed by atoms with van der Waals surface area (Å²) in [5.74, 6) is 0.253. The van der Waals surface area contributed by atoms with Gasteiger partial charge in [-0.3, -0.25) is 9.36 Å². The molecular weight excluding hydrogens is 683 g/mol. The Labute approximate surface area is 283 Å². The third kappa shape index (κ3) is 6.40. The lowest BCUT2D eigenvalue weighted by atomic mass is 9.90. The van der Waals surface area contributed by atoms with E-state index in [9.17, 15) is 14.0 Å². The van der Waals surface area contributed by atoms with Crippen molar-refractivity contribution in [3.05, 3.63) is 137 Å². The monoisotopic (exact) mass is 714 g/mol.